The third-order valence-corrected chi connectivity index (χ3v) is 8.17. The summed E-state index contributed by atoms with van der Waals surface area (Å²) in [5, 5.41) is 0.494. The van der Waals surface area contributed by atoms with Crippen molar-refractivity contribution >= 4 is 18.7 Å². The van der Waals surface area contributed by atoms with Crippen molar-refractivity contribution in [3.05, 3.63) is 52.3 Å². The molecule has 0 spiro atoms. The van der Waals surface area contributed by atoms with Crippen LogP contribution >= 0.6 is 7.82 Å². The van der Waals surface area contributed by atoms with Crippen LogP contribution in [0.15, 0.2) is 41.3 Å². The predicted octanol–water partition coefficient (Wildman–Crippen LogP) is 7.50. The molecule has 0 saturated carbocycles. The van der Waals surface area contributed by atoms with Crippen LogP contribution in [0, 0.1) is 0 Å². The molecular weight excluding hydrogens is 545 g/mol. The van der Waals surface area contributed by atoms with Gasteiger partial charge >= 0.3 is 7.82 Å². The van der Waals surface area contributed by atoms with Gasteiger partial charge in [0.25, 0.3) is 0 Å². The minimum absolute atomic E-state index is 0.148. The fraction of sp³-hybridized carbons (Fsp3) is 0.516. The average molecular weight is 588 g/mol. The van der Waals surface area contributed by atoms with Crippen LogP contribution in [0.5, 0.6) is 17.2 Å². The number of fused-ring (bicyclic) bond motifs is 3. The van der Waals surface area contributed by atoms with Crippen molar-refractivity contribution in [1.29, 1.82) is 0 Å². The molecule has 0 unspecified atom stereocenters. The molecule has 2 aromatic carbocycles. The second kappa shape index (κ2) is 12.2. The van der Waals surface area contributed by atoms with Gasteiger partial charge in [-0.25, -0.2) is 4.57 Å². The van der Waals surface area contributed by atoms with Gasteiger partial charge < -0.3 is 18.8 Å². The van der Waals surface area contributed by atoms with Gasteiger partial charge in [-0.05, 0) is 78.5 Å². The molecular formula is C31H42NO8P. The summed E-state index contributed by atoms with van der Waals surface area (Å²) < 4.78 is 50.9. The van der Waals surface area contributed by atoms with Crippen molar-refractivity contribution in [2.24, 2.45) is 0 Å². The molecule has 0 atom stereocenters. The van der Waals surface area contributed by atoms with E-state index in [0.717, 1.165) is 18.4 Å². The third-order valence-electron chi connectivity index (χ3n) is 6.19. The SMILES string of the molecule is CCCOc1cc2c(c3c(=O)c(-c4ccc(OC)cc4)cn(COP(=O)(OC(C)(C)C)OC(C)(C)C)c13)CCCO2. The lowest BCUT2D eigenvalue weighted by Crippen LogP contribution is -2.25. The minimum atomic E-state index is -4.06. The van der Waals surface area contributed by atoms with Crippen LogP contribution in [0.2, 0.25) is 0 Å². The number of phosphoric ester groups is 1. The van der Waals surface area contributed by atoms with E-state index in [1.54, 1.807) is 59.4 Å². The van der Waals surface area contributed by atoms with Gasteiger partial charge in [0, 0.05) is 23.4 Å². The van der Waals surface area contributed by atoms with E-state index in [0.29, 0.717) is 58.9 Å². The lowest BCUT2D eigenvalue weighted by molar-refractivity contribution is -0.00573. The maximum atomic E-state index is 14.2. The van der Waals surface area contributed by atoms with Crippen LogP contribution in [-0.4, -0.2) is 36.1 Å². The van der Waals surface area contributed by atoms with Crippen LogP contribution < -0.4 is 19.6 Å². The fourth-order valence-corrected chi connectivity index (χ4v) is 6.44. The molecule has 2 heterocycles. The number of aromatic nitrogens is 1. The first-order chi connectivity index (χ1) is 19.2. The Morgan fingerprint density at radius 3 is 2.27 bits per heavy atom. The first-order valence-corrected chi connectivity index (χ1v) is 15.5. The Kier molecular flexibility index (Phi) is 9.24. The topological polar surface area (TPSA) is 94.5 Å². The van der Waals surface area contributed by atoms with Crippen molar-refractivity contribution in [2.75, 3.05) is 20.3 Å². The molecule has 0 amide bonds. The molecule has 0 bridgehead atoms. The summed E-state index contributed by atoms with van der Waals surface area (Å²) in [5.74, 6) is 1.82. The van der Waals surface area contributed by atoms with Gasteiger partial charge in [-0.15, -0.1) is 0 Å². The summed E-state index contributed by atoms with van der Waals surface area (Å²) in [7, 11) is -2.46. The van der Waals surface area contributed by atoms with Crippen molar-refractivity contribution < 1.29 is 32.3 Å². The molecule has 0 fully saturated rings. The molecule has 41 heavy (non-hydrogen) atoms. The Balaban J connectivity index is 1.95. The third kappa shape index (κ3) is 7.52. The molecule has 0 aliphatic carbocycles. The van der Waals surface area contributed by atoms with Crippen molar-refractivity contribution in [2.45, 2.75) is 85.7 Å². The van der Waals surface area contributed by atoms with E-state index >= 15 is 0 Å². The Labute approximate surface area is 242 Å². The number of methoxy groups -OCH3 is 1. The average Bonchev–Trinajstić information content (AvgIpc) is 2.89. The summed E-state index contributed by atoms with van der Waals surface area (Å²) in [4.78, 5) is 14.2. The van der Waals surface area contributed by atoms with Gasteiger partial charge in [0.05, 0.1) is 42.4 Å². The minimum Gasteiger partial charge on any atom is -0.497 e. The molecule has 10 heteroatoms. The van der Waals surface area contributed by atoms with E-state index in [1.807, 2.05) is 37.3 Å². The first kappa shape index (κ1) is 31.1. The molecule has 4 rings (SSSR count). The molecule has 9 nitrogen and oxygen atoms in total. The number of phosphoric acid groups is 1. The molecule has 224 valence electrons. The number of ether oxygens (including phenoxy) is 3. The van der Waals surface area contributed by atoms with Crippen LogP contribution in [0.25, 0.3) is 22.0 Å². The van der Waals surface area contributed by atoms with Gasteiger partial charge in [-0.3, -0.25) is 18.4 Å². The molecule has 1 aliphatic rings. The number of benzene rings is 2. The second-order valence-corrected chi connectivity index (χ2v) is 13.6. The van der Waals surface area contributed by atoms with E-state index in [9.17, 15) is 9.36 Å². The Morgan fingerprint density at radius 1 is 1.02 bits per heavy atom. The molecule has 0 radical (unpaired) electrons. The van der Waals surface area contributed by atoms with Gasteiger partial charge in [-0.2, -0.15) is 0 Å². The maximum Gasteiger partial charge on any atom is 0.477 e. The number of aryl methyl sites for hydroxylation is 1. The van der Waals surface area contributed by atoms with Gasteiger partial charge in [-0.1, -0.05) is 19.1 Å². The van der Waals surface area contributed by atoms with Crippen molar-refractivity contribution in [3.8, 4) is 28.4 Å². The predicted molar refractivity (Wildman–Crippen MR) is 160 cm³/mol. The Morgan fingerprint density at radius 2 is 1.68 bits per heavy atom. The zero-order valence-corrected chi connectivity index (χ0v) is 26.3. The normalized spacial score (nSPS) is 14.0. The molecule has 1 aliphatic heterocycles. The summed E-state index contributed by atoms with van der Waals surface area (Å²) in [6, 6.07) is 9.13. The number of hydrogen-bond acceptors (Lipinski definition) is 8. The van der Waals surface area contributed by atoms with E-state index in [4.69, 9.17) is 27.8 Å². The Hall–Kier alpha value is -2.84. The molecule has 0 N–H and O–H groups in total. The van der Waals surface area contributed by atoms with Gasteiger partial charge in [0.1, 0.15) is 24.0 Å². The van der Waals surface area contributed by atoms with E-state index in [2.05, 4.69) is 0 Å². The summed E-state index contributed by atoms with van der Waals surface area (Å²) in [6.45, 7) is 13.5. The van der Waals surface area contributed by atoms with Crippen molar-refractivity contribution in [1.82, 2.24) is 4.57 Å². The highest BCUT2D eigenvalue weighted by atomic mass is 31.2. The van der Waals surface area contributed by atoms with Crippen molar-refractivity contribution in [3.63, 3.8) is 0 Å². The van der Waals surface area contributed by atoms with E-state index in [1.165, 1.54) is 0 Å². The Bertz CT molecular complexity index is 1460. The van der Waals surface area contributed by atoms with Gasteiger partial charge in [0.2, 0.25) is 0 Å². The van der Waals surface area contributed by atoms with E-state index in [-0.39, 0.29) is 12.2 Å². The largest absolute Gasteiger partial charge is 0.497 e. The highest BCUT2D eigenvalue weighted by Crippen LogP contribution is 2.56. The van der Waals surface area contributed by atoms with Crippen LogP contribution in [-0.2, 0) is 31.3 Å². The maximum absolute atomic E-state index is 14.2. The monoisotopic (exact) mass is 587 g/mol. The number of rotatable bonds is 10. The number of nitrogens with zero attached hydrogens (tertiary/aromatic N) is 1. The zero-order valence-electron chi connectivity index (χ0n) is 25.4. The molecule has 3 aromatic rings. The lowest BCUT2D eigenvalue weighted by atomic mass is 9.96. The summed E-state index contributed by atoms with van der Waals surface area (Å²) in [6.07, 6.45) is 3.95. The number of pyridine rings is 1. The van der Waals surface area contributed by atoms with Crippen LogP contribution in [0.1, 0.15) is 66.9 Å². The van der Waals surface area contributed by atoms with E-state index < -0.39 is 19.0 Å². The van der Waals surface area contributed by atoms with Crippen LogP contribution in [0.4, 0.5) is 0 Å². The highest BCUT2D eigenvalue weighted by molar-refractivity contribution is 7.48. The van der Waals surface area contributed by atoms with Crippen LogP contribution in [0.3, 0.4) is 0 Å². The smallest absolute Gasteiger partial charge is 0.477 e. The zero-order chi connectivity index (χ0) is 30.0. The highest BCUT2D eigenvalue weighted by Gasteiger charge is 2.37. The fourth-order valence-electron chi connectivity index (χ4n) is 4.69. The first-order valence-electron chi connectivity index (χ1n) is 14.0. The quantitative estimate of drug-likeness (QED) is 0.225. The molecule has 0 saturated heterocycles. The number of hydrogen-bond donors (Lipinski definition) is 0. The van der Waals surface area contributed by atoms with Gasteiger partial charge in [0.15, 0.2) is 5.43 Å². The standard InChI is InChI=1S/C31H42NO8P/c1-9-16-36-26-18-25-23(11-10-17-37-25)27-28(26)32(19-24(29(27)33)21-12-14-22(35-8)15-13-21)20-38-41(34,39-30(2,3)4)40-31(5,6)7/h12-15,18-19H,9-11,16-17,20H2,1-8H3. The second-order valence-electron chi connectivity index (χ2n) is 12.1. The summed E-state index contributed by atoms with van der Waals surface area (Å²) >= 11 is 0. The summed E-state index contributed by atoms with van der Waals surface area (Å²) in [5.41, 5.74) is 0.778. The lowest BCUT2D eigenvalue weighted by Gasteiger charge is -2.31. The molecule has 1 aromatic heterocycles.